The first kappa shape index (κ1) is 18.4. The summed E-state index contributed by atoms with van der Waals surface area (Å²) in [6.07, 6.45) is 3.47. The van der Waals surface area contributed by atoms with Crippen LogP contribution in [0.4, 0.5) is 0 Å². The van der Waals surface area contributed by atoms with Crippen molar-refractivity contribution in [2.24, 2.45) is 10.1 Å². The molecule has 0 unspecified atom stereocenters. The van der Waals surface area contributed by atoms with Crippen LogP contribution in [0.15, 0.2) is 58.1 Å². The van der Waals surface area contributed by atoms with Gasteiger partial charge in [0.2, 0.25) is 4.80 Å². The van der Waals surface area contributed by atoms with Gasteiger partial charge in [0.25, 0.3) is 0 Å². The zero-order chi connectivity index (χ0) is 19.2. The van der Waals surface area contributed by atoms with Gasteiger partial charge in [0.1, 0.15) is 13.2 Å². The highest BCUT2D eigenvalue weighted by Crippen LogP contribution is 2.34. The Morgan fingerprint density at radius 1 is 1.21 bits per heavy atom. The van der Waals surface area contributed by atoms with Gasteiger partial charge in [-0.3, -0.25) is 9.98 Å². The zero-order valence-corrected chi connectivity index (χ0v) is 16.3. The van der Waals surface area contributed by atoms with E-state index in [1.54, 1.807) is 19.5 Å². The van der Waals surface area contributed by atoms with Gasteiger partial charge in [-0.25, -0.2) is 4.68 Å². The van der Waals surface area contributed by atoms with E-state index < -0.39 is 0 Å². The molecule has 0 spiro atoms. The SMILES string of the molecule is COCCN=c1scc(-c2ccc3c(c2)OCCO3)n1/N=C\c1ccccn1. The zero-order valence-electron chi connectivity index (χ0n) is 15.4. The molecule has 8 heteroatoms. The molecule has 0 N–H and O–H groups in total. The van der Waals surface area contributed by atoms with Gasteiger partial charge in [-0.05, 0) is 30.3 Å². The van der Waals surface area contributed by atoms with Crippen LogP contribution in [-0.4, -0.2) is 49.3 Å². The van der Waals surface area contributed by atoms with Crippen LogP contribution in [0, 0.1) is 0 Å². The molecule has 1 aliphatic rings. The van der Waals surface area contributed by atoms with E-state index in [1.807, 2.05) is 46.5 Å². The Morgan fingerprint density at radius 3 is 2.93 bits per heavy atom. The van der Waals surface area contributed by atoms with Crippen molar-refractivity contribution in [1.29, 1.82) is 0 Å². The first-order valence-corrected chi connectivity index (χ1v) is 9.78. The third kappa shape index (κ3) is 4.13. The molecular formula is C20H20N4O3S. The van der Waals surface area contributed by atoms with Gasteiger partial charge in [0.15, 0.2) is 11.5 Å². The second-order valence-corrected chi connectivity index (χ2v) is 6.78. The molecule has 28 heavy (non-hydrogen) atoms. The van der Waals surface area contributed by atoms with Crippen molar-refractivity contribution in [3.63, 3.8) is 0 Å². The molecule has 0 radical (unpaired) electrons. The molecule has 3 aromatic rings. The molecule has 7 nitrogen and oxygen atoms in total. The van der Waals surface area contributed by atoms with E-state index in [0.29, 0.717) is 26.4 Å². The van der Waals surface area contributed by atoms with Crippen LogP contribution in [0.3, 0.4) is 0 Å². The number of nitrogens with zero attached hydrogens (tertiary/aromatic N) is 4. The van der Waals surface area contributed by atoms with E-state index in [2.05, 4.69) is 15.1 Å². The maximum atomic E-state index is 5.72. The van der Waals surface area contributed by atoms with Crippen molar-refractivity contribution >= 4 is 17.6 Å². The maximum Gasteiger partial charge on any atom is 0.206 e. The van der Waals surface area contributed by atoms with E-state index in [-0.39, 0.29) is 0 Å². The molecule has 0 saturated carbocycles. The lowest BCUT2D eigenvalue weighted by atomic mass is 10.1. The summed E-state index contributed by atoms with van der Waals surface area (Å²) in [6, 6.07) is 11.6. The molecule has 144 valence electrons. The van der Waals surface area contributed by atoms with Crippen molar-refractivity contribution in [2.45, 2.75) is 0 Å². The van der Waals surface area contributed by atoms with Crippen LogP contribution in [0.25, 0.3) is 11.3 Å². The minimum Gasteiger partial charge on any atom is -0.486 e. The lowest BCUT2D eigenvalue weighted by Gasteiger charge is -2.18. The van der Waals surface area contributed by atoms with Crippen LogP contribution in [0.5, 0.6) is 11.5 Å². The Morgan fingerprint density at radius 2 is 2.11 bits per heavy atom. The Balaban J connectivity index is 1.74. The second kappa shape index (κ2) is 8.81. The predicted octanol–water partition coefficient (Wildman–Crippen LogP) is 2.81. The summed E-state index contributed by atoms with van der Waals surface area (Å²) in [4.78, 5) is 9.69. The van der Waals surface area contributed by atoms with Crippen molar-refractivity contribution in [2.75, 3.05) is 33.5 Å². The van der Waals surface area contributed by atoms with E-state index in [0.717, 1.165) is 33.3 Å². The van der Waals surface area contributed by atoms with Crippen LogP contribution in [0.1, 0.15) is 5.69 Å². The molecule has 3 heterocycles. The molecular weight excluding hydrogens is 376 g/mol. The fourth-order valence-corrected chi connectivity index (χ4v) is 3.59. The molecule has 0 aliphatic carbocycles. The standard InChI is InChI=1S/C20H20N4O3S/c1-25-9-8-22-20-24(23-13-16-4-2-3-7-21-16)17(14-28-20)15-5-6-18-19(12-15)27-11-10-26-18/h2-7,12-14H,8-11H2,1H3/b22-20?,23-13-. The Kier molecular flexibility index (Phi) is 5.79. The highest BCUT2D eigenvalue weighted by molar-refractivity contribution is 7.07. The fraction of sp³-hybridized carbons (Fsp3) is 0.250. The van der Waals surface area contributed by atoms with E-state index >= 15 is 0 Å². The number of pyridine rings is 1. The highest BCUT2D eigenvalue weighted by atomic mass is 32.1. The number of benzene rings is 1. The molecule has 2 aromatic heterocycles. The van der Waals surface area contributed by atoms with Gasteiger partial charge < -0.3 is 14.2 Å². The lowest BCUT2D eigenvalue weighted by molar-refractivity contribution is 0.171. The lowest BCUT2D eigenvalue weighted by Crippen LogP contribution is -2.16. The van der Waals surface area contributed by atoms with E-state index in [4.69, 9.17) is 14.2 Å². The normalized spacial score (nSPS) is 14.0. The number of thiazole rings is 1. The summed E-state index contributed by atoms with van der Waals surface area (Å²) in [5.74, 6) is 1.51. The minimum absolute atomic E-state index is 0.551. The van der Waals surface area contributed by atoms with Gasteiger partial charge in [-0.15, -0.1) is 11.3 Å². The molecule has 0 fully saturated rings. The summed E-state index contributed by atoms with van der Waals surface area (Å²) in [5.41, 5.74) is 2.68. The van der Waals surface area contributed by atoms with Crippen molar-refractivity contribution in [1.82, 2.24) is 9.66 Å². The minimum atomic E-state index is 0.551. The monoisotopic (exact) mass is 396 g/mol. The van der Waals surface area contributed by atoms with Crippen molar-refractivity contribution in [3.05, 3.63) is 58.5 Å². The number of ether oxygens (including phenoxy) is 3. The van der Waals surface area contributed by atoms with Crippen molar-refractivity contribution < 1.29 is 14.2 Å². The molecule has 0 bridgehead atoms. The van der Waals surface area contributed by atoms with Crippen molar-refractivity contribution in [3.8, 4) is 22.8 Å². The fourth-order valence-electron chi connectivity index (χ4n) is 2.72. The third-order valence-corrected chi connectivity index (χ3v) is 4.91. The average Bonchev–Trinajstić information content (AvgIpc) is 3.15. The molecule has 0 amide bonds. The van der Waals surface area contributed by atoms with Gasteiger partial charge in [0.05, 0.1) is 30.8 Å². The molecule has 0 atom stereocenters. The Bertz CT molecular complexity index is 1030. The summed E-state index contributed by atoms with van der Waals surface area (Å²) in [7, 11) is 1.66. The summed E-state index contributed by atoms with van der Waals surface area (Å²) in [5, 5.41) is 6.67. The van der Waals surface area contributed by atoms with Crippen LogP contribution < -0.4 is 14.3 Å². The molecule has 1 aromatic carbocycles. The second-order valence-electron chi connectivity index (χ2n) is 5.95. The summed E-state index contributed by atoms with van der Waals surface area (Å²) < 4.78 is 18.3. The molecule has 1 aliphatic heterocycles. The first-order chi connectivity index (χ1) is 13.8. The van der Waals surface area contributed by atoms with Crippen LogP contribution in [-0.2, 0) is 4.74 Å². The maximum absolute atomic E-state index is 5.72. The number of hydrogen-bond donors (Lipinski definition) is 0. The topological polar surface area (TPSA) is 70.2 Å². The first-order valence-electron chi connectivity index (χ1n) is 8.90. The van der Waals surface area contributed by atoms with Gasteiger partial charge >= 0.3 is 0 Å². The quantitative estimate of drug-likeness (QED) is 0.475. The Hall–Kier alpha value is -2.97. The number of hydrogen-bond acceptors (Lipinski definition) is 7. The third-order valence-electron chi connectivity index (χ3n) is 4.06. The van der Waals surface area contributed by atoms with E-state index in [9.17, 15) is 0 Å². The number of aromatic nitrogens is 2. The van der Waals surface area contributed by atoms with E-state index in [1.165, 1.54) is 11.3 Å². The summed E-state index contributed by atoms with van der Waals surface area (Å²) >= 11 is 1.53. The molecule has 4 rings (SSSR count). The number of fused-ring (bicyclic) bond motifs is 1. The van der Waals surface area contributed by atoms with Crippen LogP contribution >= 0.6 is 11.3 Å². The van der Waals surface area contributed by atoms with Gasteiger partial charge in [-0.1, -0.05) is 6.07 Å². The average molecular weight is 396 g/mol. The highest BCUT2D eigenvalue weighted by Gasteiger charge is 2.15. The number of rotatable bonds is 6. The Labute approximate surface area is 166 Å². The summed E-state index contributed by atoms with van der Waals surface area (Å²) in [6.45, 7) is 2.25. The predicted molar refractivity (Wildman–Crippen MR) is 108 cm³/mol. The van der Waals surface area contributed by atoms with Crippen LogP contribution in [0.2, 0.25) is 0 Å². The van der Waals surface area contributed by atoms with Gasteiger partial charge in [-0.2, -0.15) is 5.10 Å². The smallest absolute Gasteiger partial charge is 0.206 e. The molecule has 0 saturated heterocycles. The largest absolute Gasteiger partial charge is 0.486 e. The number of methoxy groups -OCH3 is 1. The van der Waals surface area contributed by atoms with Gasteiger partial charge in [0, 0.05) is 24.3 Å².